The maximum absolute atomic E-state index is 12.7. The van der Waals surface area contributed by atoms with Crippen molar-refractivity contribution in [3.05, 3.63) is 64.1 Å². The molecular weight excluding hydrogens is 368 g/mol. The standard InChI is InChI=1S/C19H17BrN2O2/c20-14-5-7-16(8-6-14)22-18(23)11-17(19(22)24)21-15-9-12-3-1-2-4-13(12)10-15/h1-8,15,17,21H,9-11H2. The van der Waals surface area contributed by atoms with Crippen LogP contribution in [0.5, 0.6) is 0 Å². The molecule has 0 aromatic heterocycles. The summed E-state index contributed by atoms with van der Waals surface area (Å²) in [5, 5.41) is 3.39. The number of halogens is 1. The lowest BCUT2D eigenvalue weighted by Gasteiger charge is -2.18. The van der Waals surface area contributed by atoms with E-state index in [0.717, 1.165) is 17.3 Å². The first-order valence-corrected chi connectivity index (χ1v) is 8.86. The van der Waals surface area contributed by atoms with Gasteiger partial charge >= 0.3 is 0 Å². The molecule has 1 unspecified atom stereocenters. The van der Waals surface area contributed by atoms with Crippen LogP contribution in [0.4, 0.5) is 5.69 Å². The van der Waals surface area contributed by atoms with Crippen molar-refractivity contribution in [1.82, 2.24) is 5.32 Å². The van der Waals surface area contributed by atoms with Crippen molar-refractivity contribution in [3.63, 3.8) is 0 Å². The van der Waals surface area contributed by atoms with Crippen LogP contribution in [0.15, 0.2) is 53.0 Å². The molecule has 1 N–H and O–H groups in total. The fourth-order valence-corrected chi connectivity index (χ4v) is 3.85. The Labute approximate surface area is 149 Å². The van der Waals surface area contributed by atoms with Crippen LogP contribution in [0.2, 0.25) is 0 Å². The first kappa shape index (κ1) is 15.5. The predicted octanol–water partition coefficient (Wildman–Crippen LogP) is 2.84. The van der Waals surface area contributed by atoms with Gasteiger partial charge in [-0.15, -0.1) is 0 Å². The molecule has 1 saturated heterocycles. The van der Waals surface area contributed by atoms with Gasteiger partial charge in [0.2, 0.25) is 5.91 Å². The summed E-state index contributed by atoms with van der Waals surface area (Å²) in [5.74, 6) is -0.298. The summed E-state index contributed by atoms with van der Waals surface area (Å²) in [6.45, 7) is 0. The molecule has 122 valence electrons. The lowest BCUT2D eigenvalue weighted by Crippen LogP contribution is -2.44. The fraction of sp³-hybridized carbons (Fsp3) is 0.263. The molecule has 0 radical (unpaired) electrons. The highest BCUT2D eigenvalue weighted by molar-refractivity contribution is 9.10. The molecule has 0 saturated carbocycles. The molecule has 1 heterocycles. The normalized spacial score (nSPS) is 20.7. The summed E-state index contributed by atoms with van der Waals surface area (Å²) in [6.07, 6.45) is 2.04. The lowest BCUT2D eigenvalue weighted by molar-refractivity contribution is -0.121. The van der Waals surface area contributed by atoms with Crippen LogP contribution in [-0.2, 0) is 22.4 Å². The van der Waals surface area contributed by atoms with Crippen LogP contribution in [0.25, 0.3) is 0 Å². The highest BCUT2D eigenvalue weighted by atomic mass is 79.9. The highest BCUT2D eigenvalue weighted by Crippen LogP contribution is 2.27. The molecule has 1 aliphatic heterocycles. The number of nitrogens with one attached hydrogen (secondary N) is 1. The maximum atomic E-state index is 12.7. The second-order valence-corrected chi connectivity index (χ2v) is 7.26. The van der Waals surface area contributed by atoms with E-state index in [9.17, 15) is 9.59 Å². The van der Waals surface area contributed by atoms with Crippen LogP contribution in [-0.4, -0.2) is 23.9 Å². The van der Waals surface area contributed by atoms with Gasteiger partial charge in [-0.25, -0.2) is 4.90 Å². The van der Waals surface area contributed by atoms with Gasteiger partial charge in [-0.1, -0.05) is 40.2 Å². The SMILES string of the molecule is O=C1CC(NC2Cc3ccccc3C2)C(=O)N1c1ccc(Br)cc1. The van der Waals surface area contributed by atoms with Crippen molar-refractivity contribution in [1.29, 1.82) is 0 Å². The average Bonchev–Trinajstić information content (AvgIpc) is 3.09. The number of carbonyl (C=O) groups excluding carboxylic acids is 2. The van der Waals surface area contributed by atoms with E-state index in [0.29, 0.717) is 5.69 Å². The minimum atomic E-state index is -0.430. The van der Waals surface area contributed by atoms with E-state index in [1.165, 1.54) is 16.0 Å². The third kappa shape index (κ3) is 2.78. The first-order chi connectivity index (χ1) is 11.6. The maximum Gasteiger partial charge on any atom is 0.251 e. The van der Waals surface area contributed by atoms with E-state index >= 15 is 0 Å². The zero-order chi connectivity index (χ0) is 16.7. The smallest absolute Gasteiger partial charge is 0.251 e. The number of nitrogens with zero attached hydrogens (tertiary/aromatic N) is 1. The number of benzene rings is 2. The average molecular weight is 385 g/mol. The van der Waals surface area contributed by atoms with Gasteiger partial charge < -0.3 is 5.32 Å². The van der Waals surface area contributed by atoms with Gasteiger partial charge in [0.25, 0.3) is 5.91 Å². The van der Waals surface area contributed by atoms with E-state index in [1.54, 1.807) is 12.1 Å². The number of rotatable bonds is 3. The summed E-state index contributed by atoms with van der Waals surface area (Å²) in [5.41, 5.74) is 3.29. The molecule has 2 aromatic carbocycles. The number of hydrogen-bond donors (Lipinski definition) is 1. The van der Waals surface area contributed by atoms with Gasteiger partial charge in [-0.3, -0.25) is 9.59 Å². The molecule has 1 aliphatic carbocycles. The number of amides is 2. The van der Waals surface area contributed by atoms with E-state index in [-0.39, 0.29) is 24.3 Å². The number of fused-ring (bicyclic) bond motifs is 1. The Hall–Kier alpha value is -1.98. The fourth-order valence-electron chi connectivity index (χ4n) is 3.58. The van der Waals surface area contributed by atoms with Crippen molar-refractivity contribution >= 4 is 33.4 Å². The van der Waals surface area contributed by atoms with Crippen molar-refractivity contribution in [2.45, 2.75) is 31.3 Å². The molecule has 2 aliphatic rings. The second kappa shape index (κ2) is 6.15. The van der Waals surface area contributed by atoms with Gasteiger partial charge in [0.1, 0.15) is 0 Å². The number of anilines is 1. The molecule has 24 heavy (non-hydrogen) atoms. The van der Waals surface area contributed by atoms with Crippen LogP contribution >= 0.6 is 15.9 Å². The quantitative estimate of drug-likeness (QED) is 0.827. The van der Waals surface area contributed by atoms with Crippen LogP contribution in [0, 0.1) is 0 Å². The number of carbonyl (C=O) groups is 2. The molecule has 4 rings (SSSR count). The van der Waals surface area contributed by atoms with E-state index < -0.39 is 6.04 Å². The Kier molecular flexibility index (Phi) is 3.98. The van der Waals surface area contributed by atoms with E-state index in [4.69, 9.17) is 0 Å². The molecule has 1 fully saturated rings. The Balaban J connectivity index is 1.47. The Morgan fingerprint density at radius 2 is 1.54 bits per heavy atom. The molecule has 0 bridgehead atoms. The first-order valence-electron chi connectivity index (χ1n) is 8.07. The molecule has 4 nitrogen and oxygen atoms in total. The topological polar surface area (TPSA) is 49.4 Å². The van der Waals surface area contributed by atoms with Crippen LogP contribution < -0.4 is 10.2 Å². The van der Waals surface area contributed by atoms with Gasteiger partial charge in [0, 0.05) is 10.5 Å². The zero-order valence-corrected chi connectivity index (χ0v) is 14.6. The largest absolute Gasteiger partial charge is 0.302 e. The molecule has 1 atom stereocenters. The Morgan fingerprint density at radius 1 is 0.917 bits per heavy atom. The molecule has 5 heteroatoms. The predicted molar refractivity (Wildman–Crippen MR) is 95.8 cm³/mol. The third-order valence-corrected chi connectivity index (χ3v) is 5.25. The van der Waals surface area contributed by atoms with Crippen LogP contribution in [0.1, 0.15) is 17.5 Å². The zero-order valence-electron chi connectivity index (χ0n) is 13.0. The van der Waals surface area contributed by atoms with Gasteiger partial charge in [0.15, 0.2) is 0 Å². The van der Waals surface area contributed by atoms with E-state index in [1.807, 2.05) is 24.3 Å². The third-order valence-electron chi connectivity index (χ3n) is 4.72. The Bertz CT molecular complexity index is 778. The van der Waals surface area contributed by atoms with Gasteiger partial charge in [-0.2, -0.15) is 0 Å². The van der Waals surface area contributed by atoms with Gasteiger partial charge in [-0.05, 0) is 48.2 Å². The molecular formula is C19H17BrN2O2. The summed E-state index contributed by atoms with van der Waals surface area (Å²) in [4.78, 5) is 26.3. The molecule has 0 spiro atoms. The summed E-state index contributed by atoms with van der Waals surface area (Å²) < 4.78 is 0.920. The second-order valence-electron chi connectivity index (χ2n) is 6.34. The van der Waals surface area contributed by atoms with Crippen molar-refractivity contribution in [2.75, 3.05) is 4.90 Å². The lowest BCUT2D eigenvalue weighted by atomic mass is 10.1. The van der Waals surface area contributed by atoms with Crippen molar-refractivity contribution in [2.24, 2.45) is 0 Å². The number of hydrogen-bond acceptors (Lipinski definition) is 3. The monoisotopic (exact) mass is 384 g/mol. The van der Waals surface area contributed by atoms with Crippen molar-refractivity contribution < 1.29 is 9.59 Å². The summed E-state index contributed by atoms with van der Waals surface area (Å²) in [6, 6.07) is 15.4. The number of imide groups is 1. The summed E-state index contributed by atoms with van der Waals surface area (Å²) >= 11 is 3.37. The highest BCUT2D eigenvalue weighted by Gasteiger charge is 2.40. The molecule has 2 aromatic rings. The minimum Gasteiger partial charge on any atom is -0.302 e. The summed E-state index contributed by atoms with van der Waals surface area (Å²) in [7, 11) is 0. The Morgan fingerprint density at radius 3 is 2.17 bits per heavy atom. The minimum absolute atomic E-state index is 0.143. The van der Waals surface area contributed by atoms with Gasteiger partial charge in [0.05, 0.1) is 18.2 Å². The van der Waals surface area contributed by atoms with Crippen molar-refractivity contribution in [3.8, 4) is 0 Å². The van der Waals surface area contributed by atoms with E-state index in [2.05, 4.69) is 33.4 Å². The molecule has 2 amide bonds. The van der Waals surface area contributed by atoms with Crippen LogP contribution in [0.3, 0.4) is 0 Å².